The van der Waals surface area contributed by atoms with Gasteiger partial charge in [-0.15, -0.1) is 0 Å². The standard InChI is InChI=1S/C15H19N5O3.C2HF3O2/c1-15(2,7-6-12(21)22)19-14(23)10-9-18-20(13(10)16)11-5-3-4-8-17-11;3-2(4,5)1(6)7/h3-5,8-9H,6-7,16H2,1-2H3,(H,19,23)(H,21,22);(H,6,7). The number of hydrogen-bond donors (Lipinski definition) is 4. The Hall–Kier alpha value is -3.64. The van der Waals surface area contributed by atoms with E-state index in [0.717, 1.165) is 0 Å². The SMILES string of the molecule is CC(C)(CCC(=O)O)NC(=O)c1cnn(-c2ccccn2)c1N.O=C(O)C(F)(F)F. The van der Waals surface area contributed by atoms with E-state index in [4.69, 9.17) is 20.7 Å². The number of carboxylic acid groups (broad SMARTS) is 2. The minimum Gasteiger partial charge on any atom is -0.481 e. The van der Waals surface area contributed by atoms with Crippen molar-refractivity contribution in [3.8, 4) is 5.82 Å². The molecule has 1 amide bonds. The van der Waals surface area contributed by atoms with Crippen molar-refractivity contribution in [3.05, 3.63) is 36.2 Å². The summed E-state index contributed by atoms with van der Waals surface area (Å²) in [7, 11) is 0. The molecule has 0 saturated heterocycles. The zero-order valence-electron chi connectivity index (χ0n) is 16.0. The zero-order valence-corrected chi connectivity index (χ0v) is 16.0. The summed E-state index contributed by atoms with van der Waals surface area (Å²) < 4.78 is 33.1. The quantitative estimate of drug-likeness (QED) is 0.539. The van der Waals surface area contributed by atoms with Crippen molar-refractivity contribution >= 4 is 23.7 Å². The normalized spacial score (nSPS) is 11.2. The Bertz CT molecular complexity index is 897. The first-order valence-corrected chi connectivity index (χ1v) is 8.34. The summed E-state index contributed by atoms with van der Waals surface area (Å²) >= 11 is 0. The summed E-state index contributed by atoms with van der Waals surface area (Å²) in [5.74, 6) is -3.38. The Morgan fingerprint density at radius 2 is 1.80 bits per heavy atom. The van der Waals surface area contributed by atoms with Crippen LogP contribution in [0.1, 0.15) is 37.0 Å². The van der Waals surface area contributed by atoms with Crippen molar-refractivity contribution in [2.24, 2.45) is 0 Å². The van der Waals surface area contributed by atoms with Crippen LogP contribution in [0, 0.1) is 0 Å². The van der Waals surface area contributed by atoms with Gasteiger partial charge in [0.05, 0.1) is 6.20 Å². The van der Waals surface area contributed by atoms with Gasteiger partial charge in [-0.3, -0.25) is 9.59 Å². The summed E-state index contributed by atoms with van der Waals surface area (Å²) in [4.78, 5) is 36.0. The van der Waals surface area contributed by atoms with E-state index in [9.17, 15) is 22.8 Å². The maximum atomic E-state index is 12.4. The van der Waals surface area contributed by atoms with Crippen molar-refractivity contribution < 1.29 is 37.8 Å². The third-order valence-electron chi connectivity index (χ3n) is 3.58. The fourth-order valence-corrected chi connectivity index (χ4v) is 2.05. The number of nitrogens with zero attached hydrogens (tertiary/aromatic N) is 3. The van der Waals surface area contributed by atoms with Gasteiger partial charge in [0.15, 0.2) is 5.82 Å². The molecular weight excluding hydrogens is 411 g/mol. The van der Waals surface area contributed by atoms with Gasteiger partial charge in [-0.25, -0.2) is 9.78 Å². The minimum atomic E-state index is -5.08. The summed E-state index contributed by atoms with van der Waals surface area (Å²) in [6.45, 7) is 3.51. The highest BCUT2D eigenvalue weighted by Crippen LogP contribution is 2.18. The lowest BCUT2D eigenvalue weighted by Gasteiger charge is -2.25. The molecule has 0 aromatic carbocycles. The van der Waals surface area contributed by atoms with E-state index in [1.807, 2.05) is 0 Å². The van der Waals surface area contributed by atoms with Crippen LogP contribution in [0.15, 0.2) is 30.6 Å². The van der Waals surface area contributed by atoms with Crippen LogP contribution in [0.5, 0.6) is 0 Å². The number of carbonyl (C=O) groups excluding carboxylic acids is 1. The average molecular weight is 431 g/mol. The van der Waals surface area contributed by atoms with Gasteiger partial charge in [0, 0.05) is 18.2 Å². The molecule has 2 heterocycles. The molecule has 164 valence electrons. The lowest BCUT2D eigenvalue weighted by Crippen LogP contribution is -2.43. The topological polar surface area (TPSA) is 160 Å². The van der Waals surface area contributed by atoms with Crippen LogP contribution in [0.2, 0.25) is 0 Å². The second-order valence-electron chi connectivity index (χ2n) is 6.58. The van der Waals surface area contributed by atoms with Gasteiger partial charge in [0.2, 0.25) is 0 Å². The predicted molar refractivity (Wildman–Crippen MR) is 97.9 cm³/mol. The number of anilines is 1. The Balaban J connectivity index is 0.000000553. The summed E-state index contributed by atoms with van der Waals surface area (Å²) in [6, 6.07) is 5.28. The predicted octanol–water partition coefficient (Wildman–Crippen LogP) is 1.86. The monoisotopic (exact) mass is 431 g/mol. The summed E-state index contributed by atoms with van der Waals surface area (Å²) in [5, 5.41) is 22.7. The second kappa shape index (κ2) is 9.71. The number of rotatable bonds is 6. The van der Waals surface area contributed by atoms with Gasteiger partial charge in [0.1, 0.15) is 11.4 Å². The first kappa shape index (κ1) is 24.4. The minimum absolute atomic E-state index is 0.0318. The average Bonchev–Trinajstić information content (AvgIpc) is 3.02. The number of pyridine rings is 1. The van der Waals surface area contributed by atoms with Gasteiger partial charge in [-0.05, 0) is 32.4 Å². The molecule has 2 rings (SSSR count). The molecule has 0 unspecified atom stereocenters. The van der Waals surface area contributed by atoms with Crippen LogP contribution >= 0.6 is 0 Å². The van der Waals surface area contributed by atoms with E-state index < -0.39 is 29.6 Å². The Kier molecular flexibility index (Phi) is 7.90. The van der Waals surface area contributed by atoms with Gasteiger partial charge in [-0.1, -0.05) is 6.07 Å². The van der Waals surface area contributed by atoms with Crippen molar-refractivity contribution in [1.82, 2.24) is 20.1 Å². The van der Waals surface area contributed by atoms with E-state index in [1.54, 1.807) is 38.2 Å². The van der Waals surface area contributed by atoms with Crippen LogP contribution in [0.3, 0.4) is 0 Å². The first-order chi connectivity index (χ1) is 13.7. The van der Waals surface area contributed by atoms with Gasteiger partial charge >= 0.3 is 18.1 Å². The highest BCUT2D eigenvalue weighted by Gasteiger charge is 2.38. The van der Waals surface area contributed by atoms with Crippen LogP contribution in [0.4, 0.5) is 19.0 Å². The number of amides is 1. The third-order valence-corrected chi connectivity index (χ3v) is 3.58. The fraction of sp³-hybridized carbons (Fsp3) is 0.353. The molecule has 13 heteroatoms. The lowest BCUT2D eigenvalue weighted by atomic mass is 9.98. The van der Waals surface area contributed by atoms with E-state index in [-0.39, 0.29) is 17.8 Å². The number of aromatic nitrogens is 3. The molecule has 0 aliphatic rings. The Morgan fingerprint density at radius 3 is 2.27 bits per heavy atom. The van der Waals surface area contributed by atoms with Crippen LogP contribution < -0.4 is 11.1 Å². The number of nitrogens with one attached hydrogen (secondary N) is 1. The van der Waals surface area contributed by atoms with Crippen LogP contribution in [-0.2, 0) is 9.59 Å². The number of nitrogens with two attached hydrogens (primary N) is 1. The van der Waals surface area contributed by atoms with Gasteiger partial charge in [0.25, 0.3) is 5.91 Å². The van der Waals surface area contributed by atoms with Gasteiger partial charge in [-0.2, -0.15) is 23.0 Å². The van der Waals surface area contributed by atoms with E-state index in [0.29, 0.717) is 12.2 Å². The highest BCUT2D eigenvalue weighted by atomic mass is 19.4. The molecule has 2 aromatic heterocycles. The molecular formula is C17H20F3N5O5. The van der Waals surface area contributed by atoms with E-state index in [2.05, 4.69) is 15.4 Å². The number of hydrogen-bond acceptors (Lipinski definition) is 6. The van der Waals surface area contributed by atoms with Crippen molar-refractivity contribution in [1.29, 1.82) is 0 Å². The molecule has 0 fully saturated rings. The fourth-order valence-electron chi connectivity index (χ4n) is 2.05. The zero-order chi connectivity index (χ0) is 23.1. The largest absolute Gasteiger partial charge is 0.490 e. The van der Waals surface area contributed by atoms with Gasteiger partial charge < -0.3 is 21.3 Å². The molecule has 0 saturated carbocycles. The summed E-state index contributed by atoms with van der Waals surface area (Å²) in [5.41, 5.74) is 5.53. The van der Waals surface area contributed by atoms with Crippen LogP contribution in [0.25, 0.3) is 5.82 Å². The van der Waals surface area contributed by atoms with Crippen molar-refractivity contribution in [3.63, 3.8) is 0 Å². The van der Waals surface area contributed by atoms with Crippen molar-refractivity contribution in [2.45, 2.75) is 38.4 Å². The molecule has 0 bridgehead atoms. The number of carbonyl (C=O) groups is 3. The van der Waals surface area contributed by atoms with Crippen LogP contribution in [-0.4, -0.2) is 54.5 Å². The molecule has 2 aromatic rings. The number of nitrogen functional groups attached to an aromatic ring is 1. The lowest BCUT2D eigenvalue weighted by molar-refractivity contribution is -0.192. The third kappa shape index (κ3) is 7.41. The molecule has 0 atom stereocenters. The maximum Gasteiger partial charge on any atom is 0.490 e. The van der Waals surface area contributed by atoms with E-state index in [1.165, 1.54) is 10.9 Å². The molecule has 10 nitrogen and oxygen atoms in total. The smallest absolute Gasteiger partial charge is 0.481 e. The highest BCUT2D eigenvalue weighted by molar-refractivity contribution is 5.98. The number of alkyl halides is 3. The number of aliphatic carboxylic acids is 2. The molecule has 0 aliphatic carbocycles. The molecule has 0 spiro atoms. The van der Waals surface area contributed by atoms with Crippen molar-refractivity contribution in [2.75, 3.05) is 5.73 Å². The molecule has 0 radical (unpaired) electrons. The Morgan fingerprint density at radius 1 is 1.20 bits per heavy atom. The first-order valence-electron chi connectivity index (χ1n) is 8.34. The Labute approximate surface area is 168 Å². The molecule has 0 aliphatic heterocycles. The molecule has 5 N–H and O–H groups in total. The van der Waals surface area contributed by atoms with E-state index >= 15 is 0 Å². The molecule has 30 heavy (non-hydrogen) atoms. The maximum absolute atomic E-state index is 12.4. The number of carboxylic acids is 2. The number of halogens is 3. The second-order valence-corrected chi connectivity index (χ2v) is 6.58. The summed E-state index contributed by atoms with van der Waals surface area (Å²) in [6.07, 6.45) is -1.84.